The van der Waals surface area contributed by atoms with Crippen LogP contribution in [0.1, 0.15) is 43.4 Å². The Kier molecular flexibility index (Phi) is 7.26. The molecule has 0 aliphatic carbocycles. The van der Waals surface area contributed by atoms with Crippen molar-refractivity contribution < 1.29 is 17.6 Å². The number of aryl methyl sites for hydroxylation is 2. The van der Waals surface area contributed by atoms with Gasteiger partial charge in [0.25, 0.3) is 0 Å². The highest BCUT2D eigenvalue weighted by Crippen LogP contribution is 2.27. The van der Waals surface area contributed by atoms with E-state index >= 15 is 0 Å². The molecule has 1 fully saturated rings. The molecular formula is C23H29FN2O3S. The number of anilines is 1. The van der Waals surface area contributed by atoms with E-state index in [1.807, 2.05) is 18.2 Å². The van der Waals surface area contributed by atoms with E-state index in [2.05, 4.69) is 19.2 Å². The van der Waals surface area contributed by atoms with Crippen molar-refractivity contribution in [1.82, 2.24) is 4.31 Å². The van der Waals surface area contributed by atoms with Crippen LogP contribution in [0.25, 0.3) is 0 Å². The Morgan fingerprint density at radius 2 is 1.57 bits per heavy atom. The summed E-state index contributed by atoms with van der Waals surface area (Å²) in [4.78, 5) is 12.9. The smallest absolute Gasteiger partial charge is 0.227 e. The Morgan fingerprint density at radius 1 is 1.00 bits per heavy atom. The summed E-state index contributed by atoms with van der Waals surface area (Å²) in [6, 6.07) is 12.0. The molecule has 1 heterocycles. The standard InChI is InChI=1S/C23H29FN2O3S/c1-3-17-9-7-10-18(4-2)22(17)25-23(27)19-12-14-26(15-13-19)30(28,29)16-20-8-5-6-11-21(20)24/h5-11,19H,3-4,12-16H2,1-2H3,(H,25,27). The molecule has 1 saturated heterocycles. The van der Waals surface area contributed by atoms with Gasteiger partial charge in [-0.05, 0) is 42.9 Å². The summed E-state index contributed by atoms with van der Waals surface area (Å²) in [5.41, 5.74) is 3.27. The Hall–Kier alpha value is -2.25. The van der Waals surface area contributed by atoms with E-state index in [-0.39, 0.29) is 36.2 Å². The quantitative estimate of drug-likeness (QED) is 0.715. The van der Waals surface area contributed by atoms with Crippen molar-refractivity contribution in [2.45, 2.75) is 45.3 Å². The zero-order valence-electron chi connectivity index (χ0n) is 17.5. The first-order valence-corrected chi connectivity index (χ1v) is 12.1. The summed E-state index contributed by atoms with van der Waals surface area (Å²) in [5, 5.41) is 3.10. The molecule has 0 atom stereocenters. The van der Waals surface area contributed by atoms with Gasteiger partial charge in [0.2, 0.25) is 15.9 Å². The number of nitrogens with one attached hydrogen (secondary N) is 1. The van der Waals surface area contributed by atoms with Crippen molar-refractivity contribution >= 4 is 21.6 Å². The first-order chi connectivity index (χ1) is 14.4. The fourth-order valence-corrected chi connectivity index (χ4v) is 5.50. The van der Waals surface area contributed by atoms with E-state index < -0.39 is 15.8 Å². The minimum atomic E-state index is -3.63. The van der Waals surface area contributed by atoms with Crippen LogP contribution < -0.4 is 5.32 Å². The van der Waals surface area contributed by atoms with E-state index in [1.165, 1.54) is 22.5 Å². The van der Waals surface area contributed by atoms with Gasteiger partial charge in [-0.2, -0.15) is 0 Å². The van der Waals surface area contributed by atoms with Gasteiger partial charge in [0.05, 0.1) is 5.75 Å². The third-order valence-electron chi connectivity index (χ3n) is 5.76. The molecule has 0 radical (unpaired) electrons. The van der Waals surface area contributed by atoms with Gasteiger partial charge in [-0.25, -0.2) is 17.1 Å². The third-order valence-corrected chi connectivity index (χ3v) is 7.59. The summed E-state index contributed by atoms with van der Waals surface area (Å²) < 4.78 is 40.6. The van der Waals surface area contributed by atoms with Crippen molar-refractivity contribution in [2.24, 2.45) is 5.92 Å². The SMILES string of the molecule is CCc1cccc(CC)c1NC(=O)C1CCN(S(=O)(=O)Cc2ccccc2F)CC1. The third kappa shape index (κ3) is 5.08. The number of hydrogen-bond donors (Lipinski definition) is 1. The minimum Gasteiger partial charge on any atom is -0.325 e. The molecule has 2 aromatic carbocycles. The number of carbonyl (C=O) groups excluding carboxylic acids is 1. The van der Waals surface area contributed by atoms with Gasteiger partial charge < -0.3 is 5.32 Å². The van der Waals surface area contributed by atoms with Crippen LogP contribution in [0.5, 0.6) is 0 Å². The normalized spacial score (nSPS) is 15.8. The van der Waals surface area contributed by atoms with Crippen molar-refractivity contribution in [2.75, 3.05) is 18.4 Å². The van der Waals surface area contributed by atoms with E-state index in [0.29, 0.717) is 12.8 Å². The summed E-state index contributed by atoms with van der Waals surface area (Å²) in [6.07, 6.45) is 2.57. The van der Waals surface area contributed by atoms with Crippen LogP contribution >= 0.6 is 0 Å². The number of halogens is 1. The summed E-state index contributed by atoms with van der Waals surface area (Å²) in [5.74, 6) is -1.17. The van der Waals surface area contributed by atoms with E-state index in [4.69, 9.17) is 0 Å². The summed E-state index contributed by atoms with van der Waals surface area (Å²) in [6.45, 7) is 4.66. The van der Waals surface area contributed by atoms with Crippen LogP contribution in [0.3, 0.4) is 0 Å². The van der Waals surface area contributed by atoms with Crippen LogP contribution in [0.2, 0.25) is 0 Å². The molecule has 0 aromatic heterocycles. The van der Waals surface area contributed by atoms with Crippen molar-refractivity contribution in [1.29, 1.82) is 0 Å². The van der Waals surface area contributed by atoms with Gasteiger partial charge in [0, 0.05) is 30.3 Å². The highest BCUT2D eigenvalue weighted by Gasteiger charge is 2.32. The van der Waals surface area contributed by atoms with Gasteiger partial charge >= 0.3 is 0 Å². The lowest BCUT2D eigenvalue weighted by Gasteiger charge is -2.31. The number of nitrogens with zero attached hydrogens (tertiary/aromatic N) is 1. The number of benzene rings is 2. The predicted octanol–water partition coefficient (Wildman–Crippen LogP) is 4.13. The molecule has 1 amide bonds. The topological polar surface area (TPSA) is 66.5 Å². The zero-order valence-corrected chi connectivity index (χ0v) is 18.3. The lowest BCUT2D eigenvalue weighted by atomic mass is 9.96. The highest BCUT2D eigenvalue weighted by atomic mass is 32.2. The Labute approximate surface area is 178 Å². The van der Waals surface area contributed by atoms with E-state index in [0.717, 1.165) is 29.7 Å². The van der Waals surface area contributed by atoms with Gasteiger partial charge in [0.15, 0.2) is 0 Å². The van der Waals surface area contributed by atoms with Crippen LogP contribution in [0, 0.1) is 11.7 Å². The van der Waals surface area contributed by atoms with Gasteiger partial charge in [0.1, 0.15) is 5.82 Å². The molecule has 3 rings (SSSR count). The minimum absolute atomic E-state index is 0.0586. The maximum absolute atomic E-state index is 13.8. The molecule has 2 aromatic rings. The predicted molar refractivity (Wildman–Crippen MR) is 117 cm³/mol. The molecule has 0 spiro atoms. The van der Waals surface area contributed by atoms with Crippen molar-refractivity contribution in [3.05, 3.63) is 65.0 Å². The number of piperidine rings is 1. The molecule has 162 valence electrons. The number of carbonyl (C=O) groups is 1. The average molecular weight is 433 g/mol. The Balaban J connectivity index is 1.63. The number of sulfonamides is 1. The maximum Gasteiger partial charge on any atom is 0.227 e. The van der Waals surface area contributed by atoms with Crippen molar-refractivity contribution in [3.63, 3.8) is 0 Å². The van der Waals surface area contributed by atoms with Gasteiger partial charge in [-0.1, -0.05) is 50.2 Å². The molecule has 30 heavy (non-hydrogen) atoms. The number of para-hydroxylation sites is 1. The molecule has 0 bridgehead atoms. The lowest BCUT2D eigenvalue weighted by Crippen LogP contribution is -2.42. The second-order valence-electron chi connectivity index (χ2n) is 7.67. The fraction of sp³-hybridized carbons (Fsp3) is 0.435. The largest absolute Gasteiger partial charge is 0.325 e. The summed E-state index contributed by atoms with van der Waals surface area (Å²) in [7, 11) is -3.63. The molecule has 1 N–H and O–H groups in total. The molecule has 7 heteroatoms. The zero-order chi connectivity index (χ0) is 21.7. The van der Waals surface area contributed by atoms with Crippen LogP contribution in [0.15, 0.2) is 42.5 Å². The van der Waals surface area contributed by atoms with Crippen LogP contribution in [-0.4, -0.2) is 31.7 Å². The first kappa shape index (κ1) is 22.4. The molecular weight excluding hydrogens is 403 g/mol. The number of hydrogen-bond acceptors (Lipinski definition) is 3. The first-order valence-electron chi connectivity index (χ1n) is 10.5. The number of amides is 1. The Bertz CT molecular complexity index is 977. The lowest BCUT2D eigenvalue weighted by molar-refractivity contribution is -0.120. The van der Waals surface area contributed by atoms with Crippen LogP contribution in [-0.2, 0) is 33.4 Å². The van der Waals surface area contributed by atoms with Gasteiger partial charge in [-0.15, -0.1) is 0 Å². The van der Waals surface area contributed by atoms with Crippen LogP contribution in [0.4, 0.5) is 10.1 Å². The van der Waals surface area contributed by atoms with Crippen molar-refractivity contribution in [3.8, 4) is 0 Å². The van der Waals surface area contributed by atoms with E-state index in [1.54, 1.807) is 6.07 Å². The maximum atomic E-state index is 13.8. The molecule has 0 unspecified atom stereocenters. The highest BCUT2D eigenvalue weighted by molar-refractivity contribution is 7.88. The molecule has 0 saturated carbocycles. The Morgan fingerprint density at radius 3 is 2.13 bits per heavy atom. The van der Waals surface area contributed by atoms with Gasteiger partial charge in [-0.3, -0.25) is 4.79 Å². The second-order valence-corrected chi connectivity index (χ2v) is 9.64. The van der Waals surface area contributed by atoms with E-state index in [9.17, 15) is 17.6 Å². The molecule has 5 nitrogen and oxygen atoms in total. The molecule has 1 aliphatic rings. The fourth-order valence-electron chi connectivity index (χ4n) is 3.93. The monoisotopic (exact) mass is 432 g/mol. The number of rotatable bonds is 7. The molecule has 1 aliphatic heterocycles. The average Bonchev–Trinajstić information content (AvgIpc) is 2.75. The second kappa shape index (κ2) is 9.71. The summed E-state index contributed by atoms with van der Waals surface area (Å²) >= 11 is 0.